The predicted octanol–water partition coefficient (Wildman–Crippen LogP) is 6.68. The molecule has 7 aliphatic rings. The number of sulfonamides is 1. The number of Topliss-reactive ketones (excluding diaryl/α,β-unsaturated/α-hetero) is 1. The lowest BCUT2D eigenvalue weighted by Crippen LogP contribution is -2.53. The molecule has 4 saturated carbocycles. The zero-order valence-corrected chi connectivity index (χ0v) is 33.0. The number of halogens is 1. The van der Waals surface area contributed by atoms with Gasteiger partial charge in [-0.15, -0.1) is 0 Å². The molecule has 1 spiro atoms. The van der Waals surface area contributed by atoms with Crippen LogP contribution < -0.4 is 14.8 Å². The molecule has 3 amide bonds. The Morgan fingerprint density at radius 3 is 2.51 bits per heavy atom. The molecule has 12 nitrogen and oxygen atoms in total. The molecule has 2 aromatic rings. The molecule has 57 heavy (non-hydrogen) atoms. The van der Waals surface area contributed by atoms with E-state index in [2.05, 4.69) is 10.0 Å². The summed E-state index contributed by atoms with van der Waals surface area (Å²) < 4.78 is 55.6. The number of aryl methyl sites for hydroxylation is 1. The second kappa shape index (κ2) is 14.0. The highest BCUT2D eigenvalue weighted by molar-refractivity contribution is 7.91. The number of hydrogen-bond acceptors (Lipinski definition) is 9. The molecule has 0 bridgehead atoms. The second-order valence-electron chi connectivity index (χ2n) is 18.3. The third-order valence-electron chi connectivity index (χ3n) is 13.7. The minimum atomic E-state index is -3.96. The summed E-state index contributed by atoms with van der Waals surface area (Å²) in [5, 5.41) is 3.53. The van der Waals surface area contributed by atoms with Gasteiger partial charge in [0.05, 0.1) is 28.4 Å². The number of pyridine rings is 1. The van der Waals surface area contributed by atoms with Gasteiger partial charge in [-0.2, -0.15) is 0 Å². The van der Waals surface area contributed by atoms with Crippen LogP contribution in [0.3, 0.4) is 0 Å². The quantitative estimate of drug-likeness (QED) is 0.304. The van der Waals surface area contributed by atoms with Gasteiger partial charge in [-0.3, -0.25) is 19.1 Å². The number of allylic oxidation sites excluding steroid dienone is 2. The Labute approximate surface area is 334 Å². The van der Waals surface area contributed by atoms with Crippen LogP contribution >= 0.6 is 0 Å². The minimum absolute atomic E-state index is 0. The van der Waals surface area contributed by atoms with E-state index in [-0.39, 0.29) is 44.4 Å². The second-order valence-corrected chi connectivity index (χ2v) is 20.5. The van der Waals surface area contributed by atoms with Gasteiger partial charge in [-0.25, -0.2) is 22.6 Å². The van der Waals surface area contributed by atoms with Crippen LogP contribution in [0.25, 0.3) is 10.9 Å². The van der Waals surface area contributed by atoms with E-state index in [0.29, 0.717) is 67.3 Å². The topological polar surface area (TPSA) is 161 Å². The van der Waals surface area contributed by atoms with Crippen molar-refractivity contribution in [2.75, 3.05) is 6.54 Å². The molecule has 2 N–H and O–H groups in total. The number of ether oxygens (including phenoxy) is 2. The maximum absolute atomic E-state index is 15.1. The van der Waals surface area contributed by atoms with Crippen molar-refractivity contribution >= 4 is 44.6 Å². The highest BCUT2D eigenvalue weighted by Crippen LogP contribution is 2.58. The molecule has 0 radical (unpaired) electrons. The number of amides is 3. The van der Waals surface area contributed by atoms with E-state index in [0.717, 1.165) is 50.5 Å². The average molecular weight is 807 g/mol. The molecular formula is C43H55FN4O8S. The average Bonchev–Trinajstić information content (AvgIpc) is 3.97. The first-order valence-corrected chi connectivity index (χ1v) is 22.0. The Morgan fingerprint density at radius 1 is 1.02 bits per heavy atom. The molecule has 5 fully saturated rings. The van der Waals surface area contributed by atoms with Crippen molar-refractivity contribution in [3.05, 3.63) is 47.4 Å². The Bertz CT molecular complexity index is 2160. The van der Waals surface area contributed by atoms with Crippen LogP contribution in [0.15, 0.2) is 30.4 Å². The molecule has 1 aromatic carbocycles. The van der Waals surface area contributed by atoms with Gasteiger partial charge < -0.3 is 19.7 Å². The number of fused-ring (bicyclic) bond motifs is 5. The number of nitrogens with zero attached hydrogens (tertiary/aromatic N) is 2. The van der Waals surface area contributed by atoms with Crippen LogP contribution in [0.4, 0.5) is 9.18 Å². The third-order valence-corrected chi connectivity index (χ3v) is 15.9. The fourth-order valence-electron chi connectivity index (χ4n) is 9.19. The van der Waals surface area contributed by atoms with Crippen molar-refractivity contribution < 1.29 is 41.5 Å². The first kappa shape index (κ1) is 39.7. The SMILES string of the molecule is C.CC1(OC(=O)N[C@H]2CCCCC/C=C\[C@@H]3C[C@@]3(C(=O)NS(=O)(=O)C3(C)CC3)CC(=O)[C@@H]3C[C@]4(CCc5c(c(C6CC6)nc6c(F)cccc56)O4)CN3C2=O)CC1. The van der Waals surface area contributed by atoms with E-state index >= 15 is 4.39 Å². The predicted molar refractivity (Wildman–Crippen MR) is 210 cm³/mol. The number of alkyl carbamates (subject to hydrolysis) is 1. The van der Waals surface area contributed by atoms with E-state index in [1.165, 1.54) is 11.0 Å². The van der Waals surface area contributed by atoms with Crippen molar-refractivity contribution in [2.24, 2.45) is 11.3 Å². The van der Waals surface area contributed by atoms with Crippen LogP contribution in [0.1, 0.15) is 135 Å². The standard InChI is InChI=1S/C42H51FN4O8S.CH4/c1-39(17-18-39)55-38(51)44-30-12-7-5-3-4-6-9-26-21-42(26,37(50)46-56(52,53)40(2)19-20-40)23-32(48)31-22-41(24-47(31)36(30)49)16-15-28-27-10-8-11-29(43)34(27)45-33(25-13-14-25)35(28)54-41;/h6,8-11,25-26,30-31H,3-5,7,12-24H2,1-2H3,(H,44,51)(H,46,50);1H4/b9-6-;/t26-,30+,31+,41-,42-;/m1./s1. The summed E-state index contributed by atoms with van der Waals surface area (Å²) in [6, 6.07) is 2.95. The summed E-state index contributed by atoms with van der Waals surface area (Å²) in [7, 11) is -3.96. The van der Waals surface area contributed by atoms with Crippen molar-refractivity contribution in [3.8, 4) is 5.75 Å². The molecule has 308 valence electrons. The van der Waals surface area contributed by atoms with E-state index < -0.39 is 67.2 Å². The van der Waals surface area contributed by atoms with E-state index in [1.807, 2.05) is 25.1 Å². The number of carbonyl (C=O) groups is 4. The normalized spacial score (nSPS) is 31.9. The zero-order valence-electron chi connectivity index (χ0n) is 32.2. The van der Waals surface area contributed by atoms with E-state index in [9.17, 15) is 27.6 Å². The van der Waals surface area contributed by atoms with Crippen molar-refractivity contribution in [3.63, 3.8) is 0 Å². The van der Waals surface area contributed by atoms with E-state index in [1.54, 1.807) is 13.0 Å². The zero-order chi connectivity index (χ0) is 39.3. The van der Waals surface area contributed by atoms with Gasteiger partial charge >= 0.3 is 6.09 Å². The van der Waals surface area contributed by atoms with Crippen molar-refractivity contribution in [2.45, 2.75) is 158 Å². The molecule has 4 heterocycles. The highest BCUT2D eigenvalue weighted by Gasteiger charge is 2.63. The number of aromatic nitrogens is 1. The molecule has 14 heteroatoms. The van der Waals surface area contributed by atoms with Crippen LogP contribution in [0.2, 0.25) is 0 Å². The van der Waals surface area contributed by atoms with E-state index in [4.69, 9.17) is 14.5 Å². The number of carbonyl (C=O) groups excluding carboxylic acids is 4. The lowest BCUT2D eigenvalue weighted by Gasteiger charge is -2.37. The fraction of sp³-hybridized carbons (Fsp3) is 0.651. The first-order chi connectivity index (χ1) is 26.6. The molecule has 0 unspecified atom stereocenters. The minimum Gasteiger partial charge on any atom is -0.483 e. The molecule has 9 rings (SSSR count). The number of rotatable bonds is 6. The number of hydrogen-bond donors (Lipinski definition) is 2. The van der Waals surface area contributed by atoms with Gasteiger partial charge in [0, 0.05) is 29.7 Å². The Hall–Kier alpha value is -4.07. The summed E-state index contributed by atoms with van der Waals surface area (Å²) in [6.45, 7) is 3.53. The van der Waals surface area contributed by atoms with Gasteiger partial charge in [0.25, 0.3) is 0 Å². The Morgan fingerprint density at radius 2 is 1.79 bits per heavy atom. The third kappa shape index (κ3) is 7.33. The molecule has 5 atom stereocenters. The maximum Gasteiger partial charge on any atom is 0.408 e. The van der Waals surface area contributed by atoms with Gasteiger partial charge in [0.15, 0.2) is 5.78 Å². The first-order valence-electron chi connectivity index (χ1n) is 20.5. The smallest absolute Gasteiger partial charge is 0.408 e. The monoisotopic (exact) mass is 806 g/mol. The number of benzene rings is 1. The summed E-state index contributed by atoms with van der Waals surface area (Å²) in [6.07, 6.45) is 12.0. The van der Waals surface area contributed by atoms with Crippen LogP contribution in [0.5, 0.6) is 5.75 Å². The highest BCUT2D eigenvalue weighted by atomic mass is 32.2. The number of nitrogens with one attached hydrogen (secondary N) is 2. The molecule has 1 aromatic heterocycles. The summed E-state index contributed by atoms with van der Waals surface area (Å²) in [5.41, 5.74) is -0.942. The molecular weight excluding hydrogens is 752 g/mol. The molecule has 1 saturated heterocycles. The van der Waals surface area contributed by atoms with Gasteiger partial charge in [0.1, 0.15) is 34.3 Å². The van der Waals surface area contributed by atoms with Crippen LogP contribution in [-0.2, 0) is 35.6 Å². The largest absolute Gasteiger partial charge is 0.483 e. The number of para-hydroxylation sites is 1. The summed E-state index contributed by atoms with van der Waals surface area (Å²) in [5.74, 6) is -1.46. The molecule has 4 aliphatic carbocycles. The summed E-state index contributed by atoms with van der Waals surface area (Å²) >= 11 is 0. The fourth-order valence-corrected chi connectivity index (χ4v) is 10.5. The van der Waals surface area contributed by atoms with Crippen LogP contribution in [-0.4, -0.2) is 76.6 Å². The van der Waals surface area contributed by atoms with Gasteiger partial charge in [0.2, 0.25) is 21.8 Å². The lowest BCUT2D eigenvalue weighted by atomic mass is 9.85. The summed E-state index contributed by atoms with van der Waals surface area (Å²) in [4.78, 5) is 63.2. The van der Waals surface area contributed by atoms with Crippen LogP contribution in [0, 0.1) is 17.2 Å². The van der Waals surface area contributed by atoms with Gasteiger partial charge in [-0.05, 0) is 103 Å². The lowest BCUT2D eigenvalue weighted by molar-refractivity contribution is -0.140. The number of ketones is 1. The Balaban J connectivity index is 0.00000455. The van der Waals surface area contributed by atoms with Gasteiger partial charge in [-0.1, -0.05) is 44.6 Å². The Kier molecular flexibility index (Phi) is 9.79. The van der Waals surface area contributed by atoms with Crippen molar-refractivity contribution in [1.82, 2.24) is 19.9 Å². The van der Waals surface area contributed by atoms with Crippen molar-refractivity contribution in [1.29, 1.82) is 0 Å². The maximum atomic E-state index is 15.1. The molecule has 3 aliphatic heterocycles.